The minimum atomic E-state index is -1.93. The molecule has 0 saturated heterocycles. The number of nitrogens with zero attached hydrogens (tertiary/aromatic N) is 3. The van der Waals surface area contributed by atoms with Crippen LogP contribution in [0.3, 0.4) is 0 Å². The lowest BCUT2D eigenvalue weighted by Gasteiger charge is -2.31. The van der Waals surface area contributed by atoms with Gasteiger partial charge < -0.3 is 23.9 Å². The van der Waals surface area contributed by atoms with Gasteiger partial charge in [0, 0.05) is 17.2 Å². The number of ether oxygens (including phenoxy) is 3. The summed E-state index contributed by atoms with van der Waals surface area (Å²) in [5, 5.41) is 23.4. The first kappa shape index (κ1) is 20.6. The smallest absolute Gasteiger partial charge is 0.343 e. The van der Waals surface area contributed by atoms with Gasteiger partial charge in [-0.2, -0.15) is 0 Å². The molecule has 0 spiro atoms. The molecular weight excluding hydrogens is 446 g/mol. The van der Waals surface area contributed by atoms with Crippen LogP contribution in [-0.2, 0) is 34.7 Å². The van der Waals surface area contributed by atoms with E-state index in [1.165, 1.54) is 4.57 Å². The molecule has 0 aliphatic carbocycles. The van der Waals surface area contributed by atoms with Gasteiger partial charge in [-0.1, -0.05) is 13.8 Å². The summed E-state index contributed by atoms with van der Waals surface area (Å²) in [6, 6.07) is 3.22. The number of carbonyl (C=O) groups is 1. The van der Waals surface area contributed by atoms with Gasteiger partial charge in [-0.3, -0.25) is 14.9 Å². The van der Waals surface area contributed by atoms with Gasteiger partial charge in [0.25, 0.3) is 5.56 Å². The molecule has 3 aliphatic rings. The Labute approximate surface area is 191 Å². The van der Waals surface area contributed by atoms with Crippen molar-refractivity contribution in [3.63, 3.8) is 0 Å². The molecule has 0 fully saturated rings. The predicted octanol–water partition coefficient (Wildman–Crippen LogP) is 2.28. The Hall–Kier alpha value is -3.99. The molecule has 0 bridgehead atoms. The minimum absolute atomic E-state index is 0.0373. The lowest BCUT2D eigenvalue weighted by Crippen LogP contribution is -2.44. The predicted molar refractivity (Wildman–Crippen MR) is 117 cm³/mol. The number of benzene rings is 1. The van der Waals surface area contributed by atoms with Crippen molar-refractivity contribution in [3.05, 3.63) is 54.9 Å². The van der Waals surface area contributed by atoms with Crippen LogP contribution in [0.4, 0.5) is 5.69 Å². The highest BCUT2D eigenvalue weighted by atomic mass is 16.7. The van der Waals surface area contributed by atoms with Crippen LogP contribution in [0.15, 0.2) is 16.9 Å². The van der Waals surface area contributed by atoms with Crippen LogP contribution in [0, 0.1) is 10.1 Å². The summed E-state index contributed by atoms with van der Waals surface area (Å²) in [5.74, 6) is -0.493. The third-order valence-electron chi connectivity index (χ3n) is 6.94. The van der Waals surface area contributed by atoms with Crippen LogP contribution in [0.1, 0.15) is 42.5 Å². The van der Waals surface area contributed by atoms with Crippen LogP contribution >= 0.6 is 0 Å². The van der Waals surface area contributed by atoms with E-state index in [9.17, 15) is 24.8 Å². The molecule has 2 aromatic heterocycles. The number of hydrogen-bond acceptors (Lipinski definition) is 9. The van der Waals surface area contributed by atoms with Gasteiger partial charge in [0.05, 0.1) is 39.3 Å². The summed E-state index contributed by atoms with van der Waals surface area (Å²) in [7, 11) is 0. The zero-order valence-corrected chi connectivity index (χ0v) is 18.3. The molecule has 11 heteroatoms. The number of nitro groups is 1. The van der Waals surface area contributed by atoms with Gasteiger partial charge in [0.15, 0.2) is 11.4 Å². The van der Waals surface area contributed by atoms with E-state index in [2.05, 4.69) is 0 Å². The largest absolute Gasteiger partial charge is 0.458 e. The summed E-state index contributed by atoms with van der Waals surface area (Å²) < 4.78 is 17.4. The standard InChI is InChI=1S/C23H19N3O8/c1-3-10-11-7-25-15(5-13-12(21(25)27)8-32-22(28)23(13,29)4-2)18(11)24-14-6-16-20(34-9-33-16)19(17(10)14)26(30)31/h5-6,29H,3-4,7-9H2,1-2H3/t23-/m0/s1. The van der Waals surface area contributed by atoms with Crippen molar-refractivity contribution in [3.8, 4) is 22.9 Å². The monoisotopic (exact) mass is 465 g/mol. The van der Waals surface area contributed by atoms with Crippen LogP contribution < -0.4 is 15.0 Å². The first-order valence-electron chi connectivity index (χ1n) is 10.9. The number of rotatable bonds is 3. The number of aliphatic hydroxyl groups is 1. The fourth-order valence-electron chi connectivity index (χ4n) is 5.24. The third kappa shape index (κ3) is 2.41. The maximum absolute atomic E-state index is 13.4. The van der Waals surface area contributed by atoms with Crippen LogP contribution in [-0.4, -0.2) is 32.3 Å². The number of esters is 1. The van der Waals surface area contributed by atoms with Gasteiger partial charge in [0.2, 0.25) is 12.5 Å². The molecule has 1 aromatic carbocycles. The zero-order chi connectivity index (χ0) is 23.9. The molecule has 1 atom stereocenters. The molecule has 0 amide bonds. The van der Waals surface area contributed by atoms with E-state index in [1.54, 1.807) is 19.1 Å². The van der Waals surface area contributed by atoms with Crippen molar-refractivity contribution in [2.24, 2.45) is 0 Å². The SMILES string of the molecule is CCc1c2c(nc3cc4c(c([N+](=O)[O-])c13)OCO4)-c1cc3c(c(=O)n1C2)COC(=O)[C@]3(O)CC. The summed E-state index contributed by atoms with van der Waals surface area (Å²) in [6.45, 7) is 3.33. The number of hydrogen-bond donors (Lipinski definition) is 1. The number of carbonyl (C=O) groups excluding carboxylic acids is 1. The van der Waals surface area contributed by atoms with E-state index in [0.717, 1.165) is 0 Å². The number of nitro benzene ring substituents is 1. The normalized spacial score (nSPS) is 19.6. The molecule has 5 heterocycles. The van der Waals surface area contributed by atoms with Gasteiger partial charge in [0.1, 0.15) is 6.61 Å². The zero-order valence-electron chi connectivity index (χ0n) is 18.3. The number of fused-ring (bicyclic) bond motifs is 6. The van der Waals surface area contributed by atoms with Crippen LogP contribution in [0.5, 0.6) is 11.5 Å². The molecular formula is C23H19N3O8. The van der Waals surface area contributed by atoms with E-state index in [-0.39, 0.29) is 60.2 Å². The van der Waals surface area contributed by atoms with Crippen LogP contribution in [0.25, 0.3) is 22.3 Å². The topological polar surface area (TPSA) is 143 Å². The number of aromatic nitrogens is 2. The highest BCUT2D eigenvalue weighted by Crippen LogP contribution is 2.49. The average Bonchev–Trinajstić information content (AvgIpc) is 3.43. The number of cyclic esters (lactones) is 1. The van der Waals surface area contributed by atoms with E-state index in [4.69, 9.17) is 19.2 Å². The third-order valence-corrected chi connectivity index (χ3v) is 6.94. The molecule has 0 saturated carbocycles. The second-order valence-electron chi connectivity index (χ2n) is 8.48. The second kappa shape index (κ2) is 6.76. The Bertz CT molecular complexity index is 1530. The molecule has 3 aliphatic heterocycles. The highest BCUT2D eigenvalue weighted by Gasteiger charge is 2.45. The summed E-state index contributed by atoms with van der Waals surface area (Å²) in [4.78, 5) is 42.0. The Morgan fingerprint density at radius 2 is 2.00 bits per heavy atom. The Morgan fingerprint density at radius 1 is 1.21 bits per heavy atom. The summed E-state index contributed by atoms with van der Waals surface area (Å²) in [6.07, 6.45) is 0.487. The number of aryl methyl sites for hydroxylation is 1. The van der Waals surface area contributed by atoms with Crippen molar-refractivity contribution in [1.82, 2.24) is 9.55 Å². The van der Waals surface area contributed by atoms with Crippen LogP contribution in [0.2, 0.25) is 0 Å². The fraction of sp³-hybridized carbons (Fsp3) is 0.348. The van der Waals surface area contributed by atoms with Crippen molar-refractivity contribution in [2.75, 3.05) is 6.79 Å². The molecule has 3 aromatic rings. The highest BCUT2D eigenvalue weighted by molar-refractivity contribution is 5.99. The Morgan fingerprint density at radius 3 is 2.71 bits per heavy atom. The molecule has 6 rings (SSSR count). The first-order chi connectivity index (χ1) is 16.3. The first-order valence-corrected chi connectivity index (χ1v) is 10.9. The molecule has 174 valence electrons. The Balaban J connectivity index is 1.69. The van der Waals surface area contributed by atoms with Gasteiger partial charge in [-0.25, -0.2) is 9.78 Å². The van der Waals surface area contributed by atoms with E-state index in [1.807, 2.05) is 6.92 Å². The quantitative estimate of drug-likeness (QED) is 0.274. The maximum Gasteiger partial charge on any atom is 0.343 e. The van der Waals surface area contributed by atoms with Crippen molar-refractivity contribution < 1.29 is 29.0 Å². The van der Waals surface area contributed by atoms with Crippen molar-refractivity contribution >= 4 is 22.6 Å². The lowest BCUT2D eigenvalue weighted by molar-refractivity contribution is -0.383. The molecule has 0 unspecified atom stereocenters. The molecule has 0 radical (unpaired) electrons. The lowest BCUT2D eigenvalue weighted by atomic mass is 9.86. The summed E-state index contributed by atoms with van der Waals surface area (Å²) >= 11 is 0. The summed E-state index contributed by atoms with van der Waals surface area (Å²) in [5.41, 5.74) is 0.538. The van der Waals surface area contributed by atoms with Gasteiger partial charge >= 0.3 is 11.7 Å². The van der Waals surface area contributed by atoms with Crippen molar-refractivity contribution in [1.29, 1.82) is 0 Å². The van der Waals surface area contributed by atoms with E-state index < -0.39 is 16.5 Å². The number of pyridine rings is 2. The average molecular weight is 465 g/mol. The minimum Gasteiger partial charge on any atom is -0.458 e. The van der Waals surface area contributed by atoms with Crippen molar-refractivity contribution in [2.45, 2.75) is 45.4 Å². The second-order valence-corrected chi connectivity index (χ2v) is 8.48. The van der Waals surface area contributed by atoms with E-state index >= 15 is 0 Å². The molecule has 34 heavy (non-hydrogen) atoms. The van der Waals surface area contributed by atoms with Gasteiger partial charge in [-0.05, 0) is 24.5 Å². The molecule has 11 nitrogen and oxygen atoms in total. The van der Waals surface area contributed by atoms with E-state index in [0.29, 0.717) is 39.8 Å². The Kier molecular flexibility index (Phi) is 4.10. The fourth-order valence-corrected chi connectivity index (χ4v) is 5.24. The molecule has 1 N–H and O–H groups in total. The van der Waals surface area contributed by atoms with Gasteiger partial charge in [-0.15, -0.1) is 0 Å². The maximum atomic E-state index is 13.4.